The first-order valence-corrected chi connectivity index (χ1v) is 10.9. The number of benzene rings is 2. The van der Waals surface area contributed by atoms with E-state index < -0.39 is 26.2 Å². The van der Waals surface area contributed by atoms with Gasteiger partial charge in [-0.05, 0) is 37.6 Å². The highest BCUT2D eigenvalue weighted by atomic mass is 16.2. The molecule has 0 saturated carbocycles. The summed E-state index contributed by atoms with van der Waals surface area (Å²) in [4.78, 5) is 25.2. The van der Waals surface area contributed by atoms with Gasteiger partial charge in [-0.25, -0.2) is 0 Å². The van der Waals surface area contributed by atoms with Gasteiger partial charge in [0.1, 0.15) is 0 Å². The molecule has 2 atom stereocenters. The maximum absolute atomic E-state index is 12.6. The molecule has 0 radical (unpaired) electrons. The molecule has 2 aromatic carbocycles. The summed E-state index contributed by atoms with van der Waals surface area (Å²) >= 11 is 0. The van der Waals surface area contributed by atoms with Gasteiger partial charge >= 0.3 is 14.1 Å². The highest BCUT2D eigenvalue weighted by Gasteiger charge is 2.23. The molecule has 2 amide bonds. The van der Waals surface area contributed by atoms with Crippen LogP contribution in [-0.4, -0.2) is 61.1 Å². The van der Waals surface area contributed by atoms with Crippen LogP contribution in [0.25, 0.3) is 0 Å². The van der Waals surface area contributed by atoms with E-state index in [4.69, 9.17) is 0 Å². The summed E-state index contributed by atoms with van der Waals surface area (Å²) in [5.41, 5.74) is 1.95. The van der Waals surface area contributed by atoms with Crippen LogP contribution in [0.3, 0.4) is 0 Å². The molecular formula is C22H32B2N4O4. The minimum absolute atomic E-state index is 0.240. The van der Waals surface area contributed by atoms with Gasteiger partial charge in [0, 0.05) is 13.1 Å². The number of carbonyl (C=O) groups excluding carboxylic acids is 2. The van der Waals surface area contributed by atoms with E-state index in [9.17, 15) is 19.6 Å². The Balaban J connectivity index is 1.84. The number of hydrogen-bond acceptors (Lipinski definition) is 6. The molecule has 0 aliphatic carbocycles. The van der Waals surface area contributed by atoms with Gasteiger partial charge in [-0.1, -0.05) is 60.7 Å². The molecule has 0 heterocycles. The van der Waals surface area contributed by atoms with Gasteiger partial charge in [0.05, 0.1) is 12.1 Å². The molecule has 0 aromatic heterocycles. The van der Waals surface area contributed by atoms with Gasteiger partial charge in [0.15, 0.2) is 0 Å². The van der Waals surface area contributed by atoms with E-state index in [0.29, 0.717) is 12.8 Å². The largest absolute Gasteiger partial charge is 0.437 e. The van der Waals surface area contributed by atoms with Gasteiger partial charge in [-0.3, -0.25) is 9.59 Å². The van der Waals surface area contributed by atoms with Crippen LogP contribution in [-0.2, 0) is 22.4 Å². The minimum atomic E-state index is -0.834. The van der Waals surface area contributed by atoms with Crippen molar-refractivity contribution in [1.82, 2.24) is 21.1 Å². The van der Waals surface area contributed by atoms with E-state index in [0.717, 1.165) is 11.1 Å². The molecule has 8 nitrogen and oxygen atoms in total. The van der Waals surface area contributed by atoms with Crippen molar-refractivity contribution in [3.8, 4) is 0 Å². The Hall–Kier alpha value is -2.65. The van der Waals surface area contributed by atoms with Crippen molar-refractivity contribution < 1.29 is 19.6 Å². The molecule has 2 rings (SSSR count). The van der Waals surface area contributed by atoms with Gasteiger partial charge in [-0.2, -0.15) is 0 Å². The van der Waals surface area contributed by atoms with E-state index in [2.05, 4.69) is 21.1 Å². The lowest BCUT2D eigenvalue weighted by Gasteiger charge is -2.21. The predicted octanol–water partition coefficient (Wildman–Crippen LogP) is -0.159. The van der Waals surface area contributed by atoms with E-state index >= 15 is 0 Å². The molecule has 2 aromatic rings. The quantitative estimate of drug-likeness (QED) is 0.191. The highest BCUT2D eigenvalue weighted by Crippen LogP contribution is 2.05. The van der Waals surface area contributed by atoms with E-state index in [-0.39, 0.29) is 24.9 Å². The van der Waals surface area contributed by atoms with Crippen molar-refractivity contribution in [3.63, 3.8) is 0 Å². The zero-order chi connectivity index (χ0) is 23.3. The molecule has 0 bridgehead atoms. The first-order valence-electron chi connectivity index (χ1n) is 10.9. The third-order valence-electron chi connectivity index (χ3n) is 4.81. The fourth-order valence-corrected chi connectivity index (χ4v) is 3.35. The standard InChI is InChI=1S/C22H32B2N4O4/c1-23(31)27-19(15-17-9-5-3-6-10-17)21(29)25-13-14-26-22(30)20(28-24(2)32)16-18-11-7-4-8-12-18/h3-12,19-20,27-28,31-32H,13-16H2,1-2H3,(H,25,29)(H,26,30)/t19-,20-/m1/s1. The zero-order valence-electron chi connectivity index (χ0n) is 18.6. The number of nitrogens with one attached hydrogen (secondary N) is 4. The molecule has 32 heavy (non-hydrogen) atoms. The number of carbonyl (C=O) groups is 2. The molecule has 0 fully saturated rings. The van der Waals surface area contributed by atoms with Crippen molar-refractivity contribution in [1.29, 1.82) is 0 Å². The van der Waals surface area contributed by atoms with Crippen LogP contribution < -0.4 is 21.1 Å². The summed E-state index contributed by atoms with van der Waals surface area (Å²) < 4.78 is 0. The van der Waals surface area contributed by atoms with Crippen LogP contribution >= 0.6 is 0 Å². The molecule has 170 valence electrons. The maximum atomic E-state index is 12.6. The van der Waals surface area contributed by atoms with Crippen molar-refractivity contribution >= 4 is 25.9 Å². The lowest BCUT2D eigenvalue weighted by Crippen LogP contribution is -2.53. The highest BCUT2D eigenvalue weighted by molar-refractivity contribution is 6.46. The van der Waals surface area contributed by atoms with Crippen molar-refractivity contribution in [2.24, 2.45) is 0 Å². The monoisotopic (exact) mass is 438 g/mol. The van der Waals surface area contributed by atoms with E-state index in [1.54, 1.807) is 13.6 Å². The molecule has 0 unspecified atom stereocenters. The van der Waals surface area contributed by atoms with Crippen molar-refractivity contribution in [2.45, 2.75) is 38.6 Å². The average Bonchev–Trinajstić information content (AvgIpc) is 2.76. The Kier molecular flexibility index (Phi) is 11.0. The first-order chi connectivity index (χ1) is 15.3. The fraction of sp³-hybridized carbons (Fsp3) is 0.364. The third-order valence-corrected chi connectivity index (χ3v) is 4.81. The lowest BCUT2D eigenvalue weighted by molar-refractivity contribution is -0.124. The summed E-state index contributed by atoms with van der Waals surface area (Å²) in [6, 6.07) is 17.9. The third kappa shape index (κ3) is 9.65. The number of hydrogen-bond donors (Lipinski definition) is 6. The number of rotatable bonds is 13. The summed E-state index contributed by atoms with van der Waals surface area (Å²) in [5.74, 6) is -0.515. The minimum Gasteiger partial charge on any atom is -0.437 e. The Morgan fingerprint density at radius 2 is 1.06 bits per heavy atom. The lowest BCUT2D eigenvalue weighted by atomic mass is 9.86. The van der Waals surface area contributed by atoms with Gasteiger partial charge in [-0.15, -0.1) is 0 Å². The maximum Gasteiger partial charge on any atom is 0.374 e. The van der Waals surface area contributed by atoms with Gasteiger partial charge in [0.25, 0.3) is 0 Å². The molecular weight excluding hydrogens is 406 g/mol. The van der Waals surface area contributed by atoms with Crippen LogP contribution in [0.2, 0.25) is 13.6 Å². The van der Waals surface area contributed by atoms with Crippen molar-refractivity contribution in [2.75, 3.05) is 13.1 Å². The fourth-order valence-electron chi connectivity index (χ4n) is 3.35. The molecule has 0 spiro atoms. The van der Waals surface area contributed by atoms with E-state index in [1.165, 1.54) is 0 Å². The summed E-state index contributed by atoms with van der Waals surface area (Å²) in [6.07, 6.45) is 0.864. The summed E-state index contributed by atoms with van der Waals surface area (Å²) in [7, 11) is -1.67. The molecule has 10 heteroatoms. The summed E-state index contributed by atoms with van der Waals surface area (Å²) in [6.45, 7) is 3.61. The SMILES string of the molecule is CB(O)N[C@H](Cc1ccccc1)C(=O)NCCNC(=O)[C@@H](Cc1ccccc1)NB(C)O. The second-order valence-electron chi connectivity index (χ2n) is 7.75. The molecule has 0 saturated heterocycles. The Morgan fingerprint density at radius 1 is 0.719 bits per heavy atom. The molecule has 0 aliphatic rings. The molecule has 6 N–H and O–H groups in total. The second kappa shape index (κ2) is 13.7. The topological polar surface area (TPSA) is 123 Å². The van der Waals surface area contributed by atoms with Crippen molar-refractivity contribution in [3.05, 3.63) is 71.8 Å². The second-order valence-corrected chi connectivity index (χ2v) is 7.75. The van der Waals surface area contributed by atoms with Crippen LogP contribution in [0.1, 0.15) is 11.1 Å². The average molecular weight is 438 g/mol. The van der Waals surface area contributed by atoms with Crippen LogP contribution in [0, 0.1) is 0 Å². The zero-order valence-corrected chi connectivity index (χ0v) is 18.6. The number of amides is 2. The smallest absolute Gasteiger partial charge is 0.374 e. The van der Waals surface area contributed by atoms with Gasteiger partial charge in [0.2, 0.25) is 11.8 Å². The predicted molar refractivity (Wildman–Crippen MR) is 128 cm³/mol. The Bertz CT molecular complexity index is 756. The van der Waals surface area contributed by atoms with Crippen LogP contribution in [0.4, 0.5) is 0 Å². The van der Waals surface area contributed by atoms with Gasteiger partial charge < -0.3 is 31.1 Å². The van der Waals surface area contributed by atoms with Crippen LogP contribution in [0.15, 0.2) is 60.7 Å². The first kappa shape index (κ1) is 25.6. The van der Waals surface area contributed by atoms with E-state index in [1.807, 2.05) is 60.7 Å². The summed E-state index contributed by atoms with van der Waals surface area (Å²) in [5, 5.41) is 30.7. The van der Waals surface area contributed by atoms with Crippen LogP contribution in [0.5, 0.6) is 0 Å². The molecule has 0 aliphatic heterocycles. The Morgan fingerprint density at radius 3 is 1.38 bits per heavy atom. The Labute approximate surface area is 190 Å². The normalized spacial score (nSPS) is 12.5.